The summed E-state index contributed by atoms with van der Waals surface area (Å²) < 4.78 is 10.8. The second-order valence-corrected chi connectivity index (χ2v) is 4.91. The second kappa shape index (κ2) is 5.95. The van der Waals surface area contributed by atoms with Crippen molar-refractivity contribution >= 4 is 5.97 Å². The van der Waals surface area contributed by atoms with Gasteiger partial charge in [0.1, 0.15) is 11.5 Å². The average molecular weight is 264 g/mol. The highest BCUT2D eigenvalue weighted by Gasteiger charge is 2.35. The molecule has 4 heteroatoms. The van der Waals surface area contributed by atoms with E-state index in [1.807, 2.05) is 18.2 Å². The normalized spacial score (nSPS) is 22.8. The van der Waals surface area contributed by atoms with Crippen LogP contribution in [0.5, 0.6) is 11.5 Å². The first kappa shape index (κ1) is 13.7. The molecule has 0 heterocycles. The van der Waals surface area contributed by atoms with Gasteiger partial charge in [0.15, 0.2) is 0 Å². The number of rotatable bonds is 4. The molecule has 104 valence electrons. The maximum atomic E-state index is 11.5. The van der Waals surface area contributed by atoms with Crippen molar-refractivity contribution in [2.75, 3.05) is 14.2 Å². The number of ether oxygens (including phenoxy) is 2. The molecule has 0 spiro atoms. The fraction of sp³-hybridized carbons (Fsp3) is 0.533. The minimum absolute atomic E-state index is 0.0302. The third kappa shape index (κ3) is 2.67. The summed E-state index contributed by atoms with van der Waals surface area (Å²) in [6, 6.07) is 5.59. The Hall–Kier alpha value is -1.71. The van der Waals surface area contributed by atoms with E-state index in [4.69, 9.17) is 9.47 Å². The number of methoxy groups -OCH3 is 2. The maximum Gasteiger partial charge on any atom is 0.307 e. The lowest BCUT2D eigenvalue weighted by Gasteiger charge is -2.30. The van der Waals surface area contributed by atoms with E-state index in [2.05, 4.69) is 0 Å². The summed E-state index contributed by atoms with van der Waals surface area (Å²) in [7, 11) is 3.22. The summed E-state index contributed by atoms with van der Waals surface area (Å²) in [5.41, 5.74) is 0.902. The number of hydrogen-bond donors (Lipinski definition) is 1. The molecule has 1 aromatic rings. The van der Waals surface area contributed by atoms with E-state index in [1.165, 1.54) is 0 Å². The van der Waals surface area contributed by atoms with Crippen molar-refractivity contribution in [3.05, 3.63) is 23.8 Å². The van der Waals surface area contributed by atoms with E-state index in [1.54, 1.807) is 14.2 Å². The van der Waals surface area contributed by atoms with Gasteiger partial charge in [-0.1, -0.05) is 18.9 Å². The van der Waals surface area contributed by atoms with Crippen molar-refractivity contribution in [2.45, 2.75) is 31.6 Å². The van der Waals surface area contributed by atoms with E-state index < -0.39 is 5.97 Å². The Balaban J connectivity index is 2.45. The molecule has 19 heavy (non-hydrogen) atoms. The van der Waals surface area contributed by atoms with Crippen LogP contribution in [0.1, 0.15) is 37.2 Å². The van der Waals surface area contributed by atoms with Gasteiger partial charge >= 0.3 is 5.97 Å². The summed E-state index contributed by atoms with van der Waals surface area (Å²) in [5, 5.41) is 9.42. The SMILES string of the molecule is COc1cccc(OC)c1C1CCCCC1C(=O)O. The van der Waals surface area contributed by atoms with Crippen LogP contribution >= 0.6 is 0 Å². The Morgan fingerprint density at radius 2 is 1.74 bits per heavy atom. The summed E-state index contributed by atoms with van der Waals surface area (Å²) in [6.45, 7) is 0. The van der Waals surface area contributed by atoms with Gasteiger partial charge in [0, 0.05) is 11.5 Å². The van der Waals surface area contributed by atoms with Crippen molar-refractivity contribution in [1.82, 2.24) is 0 Å². The van der Waals surface area contributed by atoms with Crippen LogP contribution in [0.25, 0.3) is 0 Å². The number of aliphatic carboxylic acids is 1. The Labute approximate surface area is 113 Å². The largest absolute Gasteiger partial charge is 0.496 e. The monoisotopic (exact) mass is 264 g/mol. The fourth-order valence-corrected chi connectivity index (χ4v) is 3.02. The van der Waals surface area contributed by atoms with Gasteiger partial charge < -0.3 is 14.6 Å². The molecule has 2 atom stereocenters. The van der Waals surface area contributed by atoms with E-state index in [-0.39, 0.29) is 11.8 Å². The van der Waals surface area contributed by atoms with Gasteiger partial charge in [-0.25, -0.2) is 0 Å². The molecular weight excluding hydrogens is 244 g/mol. The van der Waals surface area contributed by atoms with Gasteiger partial charge in [-0.3, -0.25) is 4.79 Å². The number of benzene rings is 1. The molecule has 0 saturated heterocycles. The third-order valence-electron chi connectivity index (χ3n) is 3.92. The molecule has 0 aliphatic heterocycles. The molecule has 0 bridgehead atoms. The molecule has 0 aromatic heterocycles. The summed E-state index contributed by atoms with van der Waals surface area (Å²) in [6.07, 6.45) is 3.62. The van der Waals surface area contributed by atoms with Gasteiger partial charge in [0.05, 0.1) is 20.1 Å². The Morgan fingerprint density at radius 1 is 1.16 bits per heavy atom. The van der Waals surface area contributed by atoms with E-state index in [0.717, 1.165) is 42.7 Å². The number of carboxylic acids is 1. The molecule has 1 fully saturated rings. The first-order valence-electron chi connectivity index (χ1n) is 6.62. The van der Waals surface area contributed by atoms with Crippen LogP contribution in [0.2, 0.25) is 0 Å². The van der Waals surface area contributed by atoms with Crippen molar-refractivity contribution in [3.63, 3.8) is 0 Å². The van der Waals surface area contributed by atoms with Gasteiger partial charge in [-0.05, 0) is 25.0 Å². The summed E-state index contributed by atoms with van der Waals surface area (Å²) >= 11 is 0. The van der Waals surface area contributed by atoms with Crippen LogP contribution < -0.4 is 9.47 Å². The number of hydrogen-bond acceptors (Lipinski definition) is 3. The van der Waals surface area contributed by atoms with Crippen LogP contribution in [-0.2, 0) is 4.79 Å². The van der Waals surface area contributed by atoms with Gasteiger partial charge in [0.25, 0.3) is 0 Å². The van der Waals surface area contributed by atoms with E-state index in [9.17, 15) is 9.90 Å². The molecular formula is C15H20O4. The zero-order chi connectivity index (χ0) is 13.8. The molecule has 2 rings (SSSR count). The zero-order valence-corrected chi connectivity index (χ0v) is 11.4. The zero-order valence-electron chi connectivity index (χ0n) is 11.4. The molecule has 0 amide bonds. The molecule has 1 saturated carbocycles. The molecule has 2 unspecified atom stereocenters. The highest BCUT2D eigenvalue weighted by atomic mass is 16.5. The van der Waals surface area contributed by atoms with Gasteiger partial charge in [-0.15, -0.1) is 0 Å². The van der Waals surface area contributed by atoms with Gasteiger partial charge in [-0.2, -0.15) is 0 Å². The van der Waals surface area contributed by atoms with Crippen LogP contribution in [0.4, 0.5) is 0 Å². The second-order valence-electron chi connectivity index (χ2n) is 4.91. The lowest BCUT2D eigenvalue weighted by atomic mass is 9.75. The number of carbonyl (C=O) groups is 1. The van der Waals surface area contributed by atoms with Crippen LogP contribution in [0, 0.1) is 5.92 Å². The van der Waals surface area contributed by atoms with Crippen LogP contribution in [0.15, 0.2) is 18.2 Å². The predicted molar refractivity (Wildman–Crippen MR) is 71.9 cm³/mol. The summed E-state index contributed by atoms with van der Waals surface area (Å²) in [4.78, 5) is 11.5. The van der Waals surface area contributed by atoms with Gasteiger partial charge in [0.2, 0.25) is 0 Å². The summed E-state index contributed by atoms with van der Waals surface area (Å²) in [5.74, 6) is 0.337. The Kier molecular flexibility index (Phi) is 4.30. The van der Waals surface area contributed by atoms with Crippen molar-refractivity contribution < 1.29 is 19.4 Å². The highest BCUT2D eigenvalue weighted by Crippen LogP contribution is 2.45. The smallest absolute Gasteiger partial charge is 0.307 e. The van der Waals surface area contributed by atoms with E-state index >= 15 is 0 Å². The first-order valence-corrected chi connectivity index (χ1v) is 6.62. The van der Waals surface area contributed by atoms with Crippen LogP contribution in [-0.4, -0.2) is 25.3 Å². The molecule has 1 aliphatic carbocycles. The third-order valence-corrected chi connectivity index (χ3v) is 3.92. The maximum absolute atomic E-state index is 11.5. The highest BCUT2D eigenvalue weighted by molar-refractivity contribution is 5.72. The van der Waals surface area contributed by atoms with Crippen LogP contribution in [0.3, 0.4) is 0 Å². The predicted octanol–water partition coefficient (Wildman–Crippen LogP) is 3.06. The van der Waals surface area contributed by atoms with Crippen molar-refractivity contribution in [3.8, 4) is 11.5 Å². The fourth-order valence-electron chi connectivity index (χ4n) is 3.02. The molecule has 1 N–H and O–H groups in total. The van der Waals surface area contributed by atoms with Crippen molar-refractivity contribution in [2.24, 2.45) is 5.92 Å². The quantitative estimate of drug-likeness (QED) is 0.908. The Bertz CT molecular complexity index is 433. The number of carboxylic acid groups (broad SMARTS) is 1. The Morgan fingerprint density at radius 3 is 2.26 bits per heavy atom. The standard InChI is InChI=1S/C15H20O4/c1-18-12-8-5-9-13(19-2)14(12)10-6-3-4-7-11(10)15(16)17/h5,8-11H,3-4,6-7H2,1-2H3,(H,16,17). The minimum Gasteiger partial charge on any atom is -0.496 e. The molecule has 0 radical (unpaired) electrons. The topological polar surface area (TPSA) is 55.8 Å². The van der Waals surface area contributed by atoms with E-state index in [0.29, 0.717) is 0 Å². The minimum atomic E-state index is -0.724. The first-order chi connectivity index (χ1) is 9.19. The average Bonchev–Trinajstić information content (AvgIpc) is 2.46. The molecule has 4 nitrogen and oxygen atoms in total. The molecule has 1 aromatic carbocycles. The lowest BCUT2D eigenvalue weighted by Crippen LogP contribution is -2.26. The lowest BCUT2D eigenvalue weighted by molar-refractivity contribution is -0.143. The molecule has 1 aliphatic rings. The van der Waals surface area contributed by atoms with Crippen molar-refractivity contribution in [1.29, 1.82) is 0 Å².